The minimum absolute atomic E-state index is 0.0775. The molecule has 80 heavy (non-hydrogen) atoms. The fraction of sp³-hybridized carbons (Fsp3) is 0.797. The van der Waals surface area contributed by atoms with E-state index in [1.807, 2.05) is 0 Å². The van der Waals surface area contributed by atoms with Gasteiger partial charge in [0.2, 0.25) is 0 Å². The van der Waals surface area contributed by atoms with E-state index < -0.39 is 6.10 Å². The number of unbranched alkanes of at least 4 members (excludes halogenated alkanes) is 41. The molecular formula is C74H132O6. The second kappa shape index (κ2) is 68.3. The molecule has 0 aromatic heterocycles. The minimum atomic E-state index is -0.783. The van der Waals surface area contributed by atoms with Gasteiger partial charge in [-0.15, -0.1) is 0 Å². The molecule has 0 amide bonds. The second-order valence-electron chi connectivity index (χ2n) is 23.4. The van der Waals surface area contributed by atoms with E-state index in [-0.39, 0.29) is 31.1 Å². The molecule has 1 unspecified atom stereocenters. The Morgan fingerprint density at radius 1 is 0.250 bits per heavy atom. The van der Waals surface area contributed by atoms with Gasteiger partial charge in [0.25, 0.3) is 0 Å². The van der Waals surface area contributed by atoms with Crippen LogP contribution in [-0.2, 0) is 28.6 Å². The number of esters is 3. The molecule has 0 spiro atoms. The van der Waals surface area contributed by atoms with Crippen molar-refractivity contribution >= 4 is 17.9 Å². The highest BCUT2D eigenvalue weighted by Crippen LogP contribution is 2.17. The molecule has 0 aliphatic heterocycles. The zero-order valence-corrected chi connectivity index (χ0v) is 53.3. The molecule has 0 saturated carbocycles. The Hall–Kier alpha value is -3.15. The fourth-order valence-corrected chi connectivity index (χ4v) is 10.2. The number of allylic oxidation sites excluding steroid dienone is 12. The molecule has 0 heterocycles. The third-order valence-corrected chi connectivity index (χ3v) is 15.4. The maximum absolute atomic E-state index is 13.0. The van der Waals surface area contributed by atoms with E-state index in [9.17, 15) is 14.4 Å². The van der Waals surface area contributed by atoms with Crippen LogP contribution in [0.5, 0.6) is 0 Å². The van der Waals surface area contributed by atoms with Gasteiger partial charge < -0.3 is 14.2 Å². The lowest BCUT2D eigenvalue weighted by Crippen LogP contribution is -2.30. The van der Waals surface area contributed by atoms with Gasteiger partial charge in [-0.1, -0.05) is 318 Å². The van der Waals surface area contributed by atoms with E-state index in [2.05, 4.69) is 93.7 Å². The van der Waals surface area contributed by atoms with Crippen LogP contribution in [0.3, 0.4) is 0 Å². The van der Waals surface area contributed by atoms with Crippen LogP contribution in [0, 0.1) is 0 Å². The van der Waals surface area contributed by atoms with Gasteiger partial charge in [0.1, 0.15) is 13.2 Å². The molecule has 6 nitrogen and oxygen atoms in total. The highest BCUT2D eigenvalue weighted by molar-refractivity contribution is 5.71. The molecule has 464 valence electrons. The van der Waals surface area contributed by atoms with E-state index in [1.165, 1.54) is 225 Å². The highest BCUT2D eigenvalue weighted by atomic mass is 16.6. The Balaban J connectivity index is 4.37. The lowest BCUT2D eigenvalue weighted by Gasteiger charge is -2.18. The van der Waals surface area contributed by atoms with Crippen LogP contribution in [0.15, 0.2) is 72.9 Å². The number of hydrogen-bond acceptors (Lipinski definition) is 6. The predicted molar refractivity (Wildman–Crippen MR) is 348 cm³/mol. The monoisotopic (exact) mass is 1120 g/mol. The largest absolute Gasteiger partial charge is 0.462 e. The third kappa shape index (κ3) is 65.7. The van der Waals surface area contributed by atoms with Crippen LogP contribution in [0.2, 0.25) is 0 Å². The van der Waals surface area contributed by atoms with E-state index in [0.717, 1.165) is 96.3 Å². The molecule has 0 aromatic carbocycles. The smallest absolute Gasteiger partial charge is 0.306 e. The molecule has 0 aliphatic rings. The summed E-state index contributed by atoms with van der Waals surface area (Å²) in [4.78, 5) is 38.5. The summed E-state index contributed by atoms with van der Waals surface area (Å²) in [6.45, 7) is 6.66. The molecular weight excluding hydrogens is 985 g/mol. The third-order valence-electron chi connectivity index (χ3n) is 15.4. The van der Waals surface area contributed by atoms with Gasteiger partial charge in [0, 0.05) is 19.3 Å². The lowest BCUT2D eigenvalue weighted by atomic mass is 10.0. The molecule has 0 fully saturated rings. The van der Waals surface area contributed by atoms with Crippen LogP contribution >= 0.6 is 0 Å². The first-order valence-electron chi connectivity index (χ1n) is 34.9. The maximum Gasteiger partial charge on any atom is 0.306 e. The summed E-state index contributed by atoms with van der Waals surface area (Å²) in [7, 11) is 0. The lowest BCUT2D eigenvalue weighted by molar-refractivity contribution is -0.167. The van der Waals surface area contributed by atoms with Crippen molar-refractivity contribution in [3.05, 3.63) is 72.9 Å². The van der Waals surface area contributed by atoms with Crippen molar-refractivity contribution < 1.29 is 28.6 Å². The topological polar surface area (TPSA) is 78.9 Å². The van der Waals surface area contributed by atoms with Gasteiger partial charge >= 0.3 is 17.9 Å². The number of carbonyl (C=O) groups excluding carboxylic acids is 3. The number of ether oxygens (including phenoxy) is 3. The van der Waals surface area contributed by atoms with Crippen LogP contribution in [0.4, 0.5) is 0 Å². The zero-order chi connectivity index (χ0) is 57.8. The van der Waals surface area contributed by atoms with Gasteiger partial charge in [-0.25, -0.2) is 0 Å². The van der Waals surface area contributed by atoms with Crippen LogP contribution in [0.25, 0.3) is 0 Å². The first-order chi connectivity index (χ1) is 39.5. The van der Waals surface area contributed by atoms with Gasteiger partial charge in [-0.05, 0) is 96.3 Å². The highest BCUT2D eigenvalue weighted by Gasteiger charge is 2.19. The van der Waals surface area contributed by atoms with E-state index >= 15 is 0 Å². The summed E-state index contributed by atoms with van der Waals surface area (Å²) in [6.07, 6.45) is 89.1. The summed E-state index contributed by atoms with van der Waals surface area (Å²) in [6, 6.07) is 0. The van der Waals surface area contributed by atoms with Crippen molar-refractivity contribution in [3.8, 4) is 0 Å². The quantitative estimate of drug-likeness (QED) is 0.0261. The number of carbonyl (C=O) groups is 3. The standard InChI is InChI=1S/C74H132O6/c1-4-7-10-13-16-19-22-25-28-31-33-35-37-39-41-43-46-49-52-55-58-61-64-67-73(76)79-70-71(69-78-72(75)66-63-60-57-54-51-48-45-30-27-24-21-18-15-12-9-6-3)80-74(77)68-65-62-59-56-53-50-47-44-42-40-38-36-34-32-29-26-23-20-17-14-11-8-5-2/h22-23,25-26,31-34,37-40,71H,4-21,24,27-30,35-36,41-70H2,1-3H3/b25-22-,26-23-,33-31-,34-32-,39-37-,40-38-. The van der Waals surface area contributed by atoms with Gasteiger partial charge in [0.15, 0.2) is 6.10 Å². The number of rotatable bonds is 64. The van der Waals surface area contributed by atoms with E-state index in [4.69, 9.17) is 14.2 Å². The fourth-order valence-electron chi connectivity index (χ4n) is 10.2. The SMILES string of the molecule is CCCCCCC/C=C\C/C=C\C/C=C\CCCCCCCCCCC(=O)OCC(COC(=O)CCCCCCCCCCCCCCCCCC)OC(=O)CCCCCCCCCC/C=C\C/C=C\C/C=C\CCCCCCC. The number of hydrogen-bond donors (Lipinski definition) is 0. The van der Waals surface area contributed by atoms with Gasteiger partial charge in [-0.3, -0.25) is 14.4 Å². The van der Waals surface area contributed by atoms with E-state index in [0.29, 0.717) is 19.3 Å². The normalized spacial score (nSPS) is 12.5. The Kier molecular flexibility index (Phi) is 65.7. The minimum Gasteiger partial charge on any atom is -0.462 e. The Labute approximate surface area is 497 Å². The first kappa shape index (κ1) is 76.9. The van der Waals surface area contributed by atoms with E-state index in [1.54, 1.807) is 0 Å². The predicted octanol–water partition coefficient (Wildman–Crippen LogP) is 24.1. The molecule has 0 aliphatic carbocycles. The molecule has 6 heteroatoms. The maximum atomic E-state index is 13.0. The summed E-state index contributed by atoms with van der Waals surface area (Å²) in [5, 5.41) is 0. The molecule has 0 saturated heterocycles. The average molecular weight is 1120 g/mol. The van der Waals surface area contributed by atoms with Gasteiger partial charge in [0.05, 0.1) is 0 Å². The summed E-state index contributed by atoms with van der Waals surface area (Å²) in [5.41, 5.74) is 0. The van der Waals surface area contributed by atoms with Crippen molar-refractivity contribution in [3.63, 3.8) is 0 Å². The zero-order valence-electron chi connectivity index (χ0n) is 53.3. The van der Waals surface area contributed by atoms with Crippen molar-refractivity contribution in [2.75, 3.05) is 13.2 Å². The average Bonchev–Trinajstić information content (AvgIpc) is 3.46. The van der Waals surface area contributed by atoms with Crippen LogP contribution in [0.1, 0.15) is 361 Å². The molecule has 0 rings (SSSR count). The molecule has 0 radical (unpaired) electrons. The molecule has 0 bridgehead atoms. The summed E-state index contributed by atoms with van der Waals surface area (Å²) in [5.74, 6) is -0.871. The Morgan fingerprint density at radius 3 is 0.700 bits per heavy atom. The van der Waals surface area contributed by atoms with Gasteiger partial charge in [-0.2, -0.15) is 0 Å². The molecule has 1 atom stereocenters. The first-order valence-corrected chi connectivity index (χ1v) is 34.9. The Bertz CT molecular complexity index is 1470. The van der Waals surface area contributed by atoms with Crippen molar-refractivity contribution in [2.24, 2.45) is 0 Å². The summed E-state index contributed by atoms with van der Waals surface area (Å²) >= 11 is 0. The summed E-state index contributed by atoms with van der Waals surface area (Å²) < 4.78 is 17.0. The molecule has 0 aromatic rings. The van der Waals surface area contributed by atoms with Crippen LogP contribution < -0.4 is 0 Å². The van der Waals surface area contributed by atoms with Crippen molar-refractivity contribution in [1.82, 2.24) is 0 Å². The van der Waals surface area contributed by atoms with Crippen LogP contribution in [-0.4, -0.2) is 37.2 Å². The van der Waals surface area contributed by atoms with Crippen molar-refractivity contribution in [1.29, 1.82) is 0 Å². The van der Waals surface area contributed by atoms with Crippen molar-refractivity contribution in [2.45, 2.75) is 367 Å². The molecule has 0 N–H and O–H groups in total. The second-order valence-corrected chi connectivity index (χ2v) is 23.4. The Morgan fingerprint density at radius 2 is 0.450 bits per heavy atom.